The van der Waals surface area contributed by atoms with Gasteiger partial charge < -0.3 is 4.74 Å². The normalized spacial score (nSPS) is 12.8. The third kappa shape index (κ3) is 5.76. The summed E-state index contributed by atoms with van der Waals surface area (Å²) in [6, 6.07) is 18.0. The maximum atomic E-state index is 12.4. The van der Waals surface area contributed by atoms with Gasteiger partial charge in [0.05, 0.1) is 12.1 Å². The van der Waals surface area contributed by atoms with Gasteiger partial charge in [-0.25, -0.2) is 4.98 Å². The summed E-state index contributed by atoms with van der Waals surface area (Å²) in [5.41, 5.74) is 4.13. The summed E-state index contributed by atoms with van der Waals surface area (Å²) >= 11 is 1.34. The van der Waals surface area contributed by atoms with Crippen LogP contribution in [-0.4, -0.2) is 23.0 Å². The number of nitrogens with one attached hydrogen (secondary N) is 1. The van der Waals surface area contributed by atoms with E-state index >= 15 is 0 Å². The van der Waals surface area contributed by atoms with Crippen molar-refractivity contribution in [3.63, 3.8) is 0 Å². The summed E-state index contributed by atoms with van der Waals surface area (Å²) in [5, 5.41) is 5.12. The summed E-state index contributed by atoms with van der Waals surface area (Å²) in [5.74, 6) is -0.766. The Morgan fingerprint density at radius 2 is 1.77 bits per heavy atom. The van der Waals surface area contributed by atoms with E-state index in [1.165, 1.54) is 16.9 Å². The largest absolute Gasteiger partial charge is 0.453 e. The van der Waals surface area contributed by atoms with Gasteiger partial charge in [0, 0.05) is 10.9 Å². The second-order valence-corrected chi connectivity index (χ2v) is 8.08. The van der Waals surface area contributed by atoms with Crippen molar-refractivity contribution in [1.29, 1.82) is 0 Å². The number of benzene rings is 2. The van der Waals surface area contributed by atoms with Gasteiger partial charge in [-0.3, -0.25) is 14.9 Å². The molecule has 156 valence electrons. The molecule has 0 aliphatic rings. The van der Waals surface area contributed by atoms with Gasteiger partial charge in [0.1, 0.15) is 0 Å². The van der Waals surface area contributed by atoms with Gasteiger partial charge in [-0.15, -0.1) is 11.3 Å². The van der Waals surface area contributed by atoms with Gasteiger partial charge in [0.25, 0.3) is 5.91 Å². The molecule has 3 aromatic rings. The van der Waals surface area contributed by atoms with Crippen LogP contribution in [0.2, 0.25) is 0 Å². The number of esters is 1. The minimum atomic E-state index is -0.892. The Kier molecular flexibility index (Phi) is 7.36. The maximum absolute atomic E-state index is 12.4. The van der Waals surface area contributed by atoms with Crippen molar-refractivity contribution in [3.05, 3.63) is 71.1 Å². The van der Waals surface area contributed by atoms with E-state index in [1.54, 1.807) is 6.92 Å². The fourth-order valence-electron chi connectivity index (χ4n) is 3.03. The molecule has 0 unspecified atom stereocenters. The molecule has 0 radical (unpaired) electrons. The van der Waals surface area contributed by atoms with Crippen LogP contribution in [0, 0.1) is 0 Å². The number of amides is 1. The molecule has 0 fully saturated rings. The first-order chi connectivity index (χ1) is 14.5. The van der Waals surface area contributed by atoms with Crippen molar-refractivity contribution >= 4 is 28.3 Å². The van der Waals surface area contributed by atoms with Gasteiger partial charge >= 0.3 is 5.97 Å². The van der Waals surface area contributed by atoms with E-state index in [2.05, 4.69) is 29.4 Å². The number of aromatic nitrogens is 1. The number of nitrogens with zero attached hydrogens (tertiary/aromatic N) is 1. The second-order valence-electron chi connectivity index (χ2n) is 7.23. The zero-order valence-electron chi connectivity index (χ0n) is 17.4. The lowest BCUT2D eigenvalue weighted by atomic mass is 9.98. The summed E-state index contributed by atoms with van der Waals surface area (Å²) in [6.45, 7) is 5.64. The van der Waals surface area contributed by atoms with Crippen molar-refractivity contribution < 1.29 is 14.3 Å². The number of hydrogen-bond donors (Lipinski definition) is 1. The Balaban J connectivity index is 1.52. The van der Waals surface area contributed by atoms with Crippen LogP contribution in [0.5, 0.6) is 0 Å². The van der Waals surface area contributed by atoms with Gasteiger partial charge in [-0.05, 0) is 30.4 Å². The fourth-order valence-corrected chi connectivity index (χ4v) is 3.75. The van der Waals surface area contributed by atoms with Crippen LogP contribution in [0.25, 0.3) is 11.3 Å². The molecule has 0 aliphatic carbocycles. The first-order valence-electron chi connectivity index (χ1n) is 10.1. The highest BCUT2D eigenvalue weighted by Gasteiger charge is 2.21. The molecular formula is C24H26N2O3S. The standard InChI is InChI=1S/C24H26N2O3S/c1-4-18-10-12-20(13-11-18)21-15-30-24(25-21)26-23(28)17(3)29-22(27)14-16(2)19-8-6-5-7-9-19/h5-13,15-17H,4,14H2,1-3H3,(H,25,26,28)/t16-,17-/m1/s1. The monoisotopic (exact) mass is 422 g/mol. The second kappa shape index (κ2) is 10.2. The lowest BCUT2D eigenvalue weighted by molar-refractivity contribution is -0.153. The number of anilines is 1. The molecule has 0 spiro atoms. The molecule has 3 rings (SSSR count). The number of rotatable bonds is 8. The molecule has 1 heterocycles. The molecule has 6 heteroatoms. The number of hydrogen-bond acceptors (Lipinski definition) is 5. The average Bonchev–Trinajstić information content (AvgIpc) is 3.22. The number of carbonyl (C=O) groups is 2. The van der Waals surface area contributed by atoms with E-state index in [9.17, 15) is 9.59 Å². The quantitative estimate of drug-likeness (QED) is 0.491. The molecule has 1 N–H and O–H groups in total. The molecule has 30 heavy (non-hydrogen) atoms. The summed E-state index contributed by atoms with van der Waals surface area (Å²) in [6.07, 6.45) is 0.313. The van der Waals surface area contributed by atoms with E-state index < -0.39 is 18.0 Å². The van der Waals surface area contributed by atoms with Crippen LogP contribution in [-0.2, 0) is 20.7 Å². The zero-order valence-corrected chi connectivity index (χ0v) is 18.2. The van der Waals surface area contributed by atoms with E-state index in [0.29, 0.717) is 5.13 Å². The van der Waals surface area contributed by atoms with Crippen LogP contribution in [0.3, 0.4) is 0 Å². The lowest BCUT2D eigenvalue weighted by Gasteiger charge is -2.15. The highest BCUT2D eigenvalue weighted by Crippen LogP contribution is 2.25. The molecule has 0 aliphatic heterocycles. The topological polar surface area (TPSA) is 68.3 Å². The van der Waals surface area contributed by atoms with Gasteiger partial charge in [0.2, 0.25) is 0 Å². The SMILES string of the molecule is CCc1ccc(-c2csc(NC(=O)[C@@H](C)OC(=O)C[C@@H](C)c3ccccc3)n2)cc1. The minimum Gasteiger partial charge on any atom is -0.453 e. The number of carbonyl (C=O) groups excluding carboxylic acids is 2. The van der Waals surface area contributed by atoms with Gasteiger partial charge in [-0.1, -0.05) is 68.4 Å². The van der Waals surface area contributed by atoms with Crippen LogP contribution in [0.15, 0.2) is 60.0 Å². The number of ether oxygens (including phenoxy) is 1. The highest BCUT2D eigenvalue weighted by molar-refractivity contribution is 7.14. The van der Waals surface area contributed by atoms with E-state index in [-0.39, 0.29) is 12.3 Å². The Morgan fingerprint density at radius 1 is 1.07 bits per heavy atom. The van der Waals surface area contributed by atoms with Crippen LogP contribution >= 0.6 is 11.3 Å². The van der Waals surface area contributed by atoms with E-state index in [1.807, 2.05) is 54.8 Å². The first-order valence-corrected chi connectivity index (χ1v) is 10.9. The zero-order chi connectivity index (χ0) is 21.5. The highest BCUT2D eigenvalue weighted by atomic mass is 32.1. The maximum Gasteiger partial charge on any atom is 0.307 e. The molecule has 1 amide bonds. The molecule has 0 saturated carbocycles. The van der Waals surface area contributed by atoms with Crippen molar-refractivity contribution in [1.82, 2.24) is 4.98 Å². The van der Waals surface area contributed by atoms with E-state index in [0.717, 1.165) is 23.2 Å². The summed E-state index contributed by atoms with van der Waals surface area (Å²) in [4.78, 5) is 29.1. The molecule has 0 saturated heterocycles. The van der Waals surface area contributed by atoms with E-state index in [4.69, 9.17) is 4.74 Å². The van der Waals surface area contributed by atoms with Crippen LogP contribution in [0.4, 0.5) is 5.13 Å². The van der Waals surface area contributed by atoms with Crippen molar-refractivity contribution in [3.8, 4) is 11.3 Å². The third-order valence-corrected chi connectivity index (χ3v) is 5.67. The Labute approximate surface area is 181 Å². The minimum absolute atomic E-state index is 0.0228. The Morgan fingerprint density at radius 3 is 2.43 bits per heavy atom. The smallest absolute Gasteiger partial charge is 0.307 e. The van der Waals surface area contributed by atoms with Crippen molar-refractivity contribution in [2.75, 3.05) is 5.32 Å². The predicted octanol–water partition coefficient (Wildman–Crippen LogP) is 5.44. The van der Waals surface area contributed by atoms with Crippen molar-refractivity contribution in [2.24, 2.45) is 0 Å². The molecule has 0 bridgehead atoms. The molecular weight excluding hydrogens is 396 g/mol. The third-order valence-electron chi connectivity index (χ3n) is 4.91. The van der Waals surface area contributed by atoms with Crippen molar-refractivity contribution in [2.45, 2.75) is 45.6 Å². The first kappa shape index (κ1) is 21.7. The Bertz CT molecular complexity index is 983. The molecule has 5 nitrogen and oxygen atoms in total. The fraction of sp³-hybridized carbons (Fsp3) is 0.292. The number of aryl methyl sites for hydroxylation is 1. The Hall–Kier alpha value is -2.99. The predicted molar refractivity (Wildman–Crippen MR) is 121 cm³/mol. The van der Waals surface area contributed by atoms with Crippen LogP contribution in [0.1, 0.15) is 44.2 Å². The van der Waals surface area contributed by atoms with Gasteiger partial charge in [0.15, 0.2) is 11.2 Å². The lowest BCUT2D eigenvalue weighted by Crippen LogP contribution is -2.30. The van der Waals surface area contributed by atoms with Crippen LogP contribution < -0.4 is 5.32 Å². The molecule has 1 aromatic heterocycles. The summed E-state index contributed by atoms with van der Waals surface area (Å²) < 4.78 is 5.32. The average molecular weight is 423 g/mol. The number of thiazole rings is 1. The summed E-state index contributed by atoms with van der Waals surface area (Å²) in [7, 11) is 0. The van der Waals surface area contributed by atoms with Gasteiger partial charge in [-0.2, -0.15) is 0 Å². The molecule has 2 atom stereocenters. The molecule has 2 aromatic carbocycles.